The lowest BCUT2D eigenvalue weighted by atomic mass is 10.0. The van der Waals surface area contributed by atoms with Gasteiger partial charge in [-0.05, 0) is 50.0 Å². The van der Waals surface area contributed by atoms with Gasteiger partial charge in [0.2, 0.25) is 0 Å². The summed E-state index contributed by atoms with van der Waals surface area (Å²) in [5, 5.41) is 3.81. The predicted molar refractivity (Wildman–Crippen MR) is 98.1 cm³/mol. The number of hydrogen-bond donors (Lipinski definition) is 1. The van der Waals surface area contributed by atoms with Crippen LogP contribution in [0.25, 0.3) is 0 Å². The summed E-state index contributed by atoms with van der Waals surface area (Å²) < 4.78 is 21.3. The molecule has 1 aromatic carbocycles. The van der Waals surface area contributed by atoms with Crippen LogP contribution in [0.5, 0.6) is 0 Å². The maximum absolute atomic E-state index is 13.3. The second-order valence-corrected chi connectivity index (χ2v) is 7.43. The maximum atomic E-state index is 13.3. The van der Waals surface area contributed by atoms with Gasteiger partial charge in [-0.1, -0.05) is 12.1 Å². The van der Waals surface area contributed by atoms with Crippen LogP contribution in [0.1, 0.15) is 36.8 Å². The first-order valence-corrected chi connectivity index (χ1v) is 9.51. The van der Waals surface area contributed by atoms with Crippen molar-refractivity contribution in [1.82, 2.24) is 19.8 Å². The number of rotatable bonds is 5. The Morgan fingerprint density at radius 3 is 2.85 bits per heavy atom. The minimum Gasteiger partial charge on any atom is -0.369 e. The molecule has 0 radical (unpaired) electrons. The van der Waals surface area contributed by atoms with E-state index in [9.17, 15) is 4.39 Å². The Bertz CT molecular complexity index is 726. The molecular formula is C20H27FN4O. The SMILES string of the molecule is Cn1ccnc1[C@H]1OCC[C@@H]1NC1CCN(Cc2cccc(F)c2)CC1. The van der Waals surface area contributed by atoms with Gasteiger partial charge < -0.3 is 14.6 Å². The number of ether oxygens (including phenoxy) is 1. The number of piperidine rings is 1. The zero-order valence-electron chi connectivity index (χ0n) is 15.3. The van der Waals surface area contributed by atoms with Gasteiger partial charge >= 0.3 is 0 Å². The fourth-order valence-corrected chi connectivity index (χ4v) is 4.12. The molecule has 2 aliphatic heterocycles. The average molecular weight is 358 g/mol. The first kappa shape index (κ1) is 17.6. The van der Waals surface area contributed by atoms with Gasteiger partial charge in [0.1, 0.15) is 17.7 Å². The molecule has 0 unspecified atom stereocenters. The van der Waals surface area contributed by atoms with E-state index in [-0.39, 0.29) is 11.9 Å². The summed E-state index contributed by atoms with van der Waals surface area (Å²) in [6.45, 7) is 3.68. The van der Waals surface area contributed by atoms with Crippen LogP contribution in [0.3, 0.4) is 0 Å². The summed E-state index contributed by atoms with van der Waals surface area (Å²) in [6, 6.07) is 7.76. The molecule has 1 N–H and O–H groups in total. The molecule has 4 rings (SSSR count). The molecule has 0 spiro atoms. The quantitative estimate of drug-likeness (QED) is 0.892. The van der Waals surface area contributed by atoms with Crippen molar-refractivity contribution in [2.24, 2.45) is 7.05 Å². The second kappa shape index (κ2) is 7.86. The highest BCUT2D eigenvalue weighted by atomic mass is 19.1. The Kier molecular flexibility index (Phi) is 5.33. The van der Waals surface area contributed by atoms with Crippen LogP contribution in [0.4, 0.5) is 4.39 Å². The zero-order valence-corrected chi connectivity index (χ0v) is 15.3. The van der Waals surface area contributed by atoms with Gasteiger partial charge in [0.15, 0.2) is 0 Å². The van der Waals surface area contributed by atoms with Crippen LogP contribution in [0.2, 0.25) is 0 Å². The van der Waals surface area contributed by atoms with Crippen LogP contribution in [0.15, 0.2) is 36.7 Å². The van der Waals surface area contributed by atoms with Crippen molar-refractivity contribution in [3.05, 3.63) is 53.9 Å². The third-order valence-corrected chi connectivity index (χ3v) is 5.54. The first-order chi connectivity index (χ1) is 12.7. The molecule has 26 heavy (non-hydrogen) atoms. The molecule has 0 amide bonds. The van der Waals surface area contributed by atoms with Gasteiger partial charge in [-0.3, -0.25) is 4.90 Å². The highest BCUT2D eigenvalue weighted by molar-refractivity contribution is 5.16. The van der Waals surface area contributed by atoms with E-state index in [2.05, 4.69) is 15.2 Å². The van der Waals surface area contributed by atoms with Crippen LogP contribution < -0.4 is 5.32 Å². The van der Waals surface area contributed by atoms with Crippen molar-refractivity contribution in [1.29, 1.82) is 0 Å². The summed E-state index contributed by atoms with van der Waals surface area (Å²) >= 11 is 0. The minimum absolute atomic E-state index is 0.0420. The lowest BCUT2D eigenvalue weighted by Gasteiger charge is -2.34. The van der Waals surface area contributed by atoms with Crippen LogP contribution >= 0.6 is 0 Å². The third-order valence-electron chi connectivity index (χ3n) is 5.54. The van der Waals surface area contributed by atoms with E-state index >= 15 is 0 Å². The van der Waals surface area contributed by atoms with Crippen molar-refractivity contribution >= 4 is 0 Å². The molecule has 1 aromatic heterocycles. The molecule has 0 saturated carbocycles. The van der Waals surface area contributed by atoms with Gasteiger partial charge in [0.05, 0.1) is 0 Å². The normalized spacial score (nSPS) is 25.0. The first-order valence-electron chi connectivity index (χ1n) is 9.51. The van der Waals surface area contributed by atoms with E-state index in [0.29, 0.717) is 12.1 Å². The summed E-state index contributed by atoms with van der Waals surface area (Å²) in [6.07, 6.45) is 7.09. The number of likely N-dealkylation sites (tertiary alicyclic amines) is 1. The van der Waals surface area contributed by atoms with Crippen molar-refractivity contribution in [3.8, 4) is 0 Å². The van der Waals surface area contributed by atoms with E-state index < -0.39 is 0 Å². The molecule has 2 aliphatic rings. The molecule has 3 heterocycles. The maximum Gasteiger partial charge on any atom is 0.139 e. The molecule has 2 fully saturated rings. The van der Waals surface area contributed by atoms with E-state index in [1.807, 2.05) is 30.1 Å². The smallest absolute Gasteiger partial charge is 0.139 e. The summed E-state index contributed by atoms with van der Waals surface area (Å²) in [7, 11) is 2.02. The number of aryl methyl sites for hydroxylation is 1. The Morgan fingerprint density at radius 2 is 2.12 bits per heavy atom. The second-order valence-electron chi connectivity index (χ2n) is 7.43. The molecule has 140 valence electrons. The minimum atomic E-state index is -0.152. The van der Waals surface area contributed by atoms with Crippen LogP contribution in [0, 0.1) is 5.82 Å². The summed E-state index contributed by atoms with van der Waals surface area (Å²) in [5.41, 5.74) is 1.05. The van der Waals surface area contributed by atoms with E-state index in [0.717, 1.165) is 56.9 Å². The third kappa shape index (κ3) is 3.98. The number of aromatic nitrogens is 2. The fraction of sp³-hybridized carbons (Fsp3) is 0.550. The van der Waals surface area contributed by atoms with Gasteiger partial charge in [0, 0.05) is 44.7 Å². The molecule has 0 aliphatic carbocycles. The van der Waals surface area contributed by atoms with Crippen molar-refractivity contribution in [2.45, 2.75) is 44.0 Å². The largest absolute Gasteiger partial charge is 0.369 e. The van der Waals surface area contributed by atoms with E-state index in [4.69, 9.17) is 4.74 Å². The lowest BCUT2D eigenvalue weighted by Crippen LogP contribution is -2.47. The fourth-order valence-electron chi connectivity index (χ4n) is 4.12. The molecule has 2 saturated heterocycles. The molecule has 2 aromatic rings. The van der Waals surface area contributed by atoms with Gasteiger partial charge in [0.25, 0.3) is 0 Å². The Labute approximate surface area is 154 Å². The number of imidazole rings is 1. The molecule has 2 atom stereocenters. The lowest BCUT2D eigenvalue weighted by molar-refractivity contribution is 0.0832. The number of benzene rings is 1. The van der Waals surface area contributed by atoms with E-state index in [1.165, 1.54) is 6.07 Å². The highest BCUT2D eigenvalue weighted by Gasteiger charge is 2.34. The van der Waals surface area contributed by atoms with Gasteiger partial charge in [-0.2, -0.15) is 0 Å². The standard InChI is InChI=1S/C20H27FN4O/c1-24-11-8-22-20(24)19-18(7-12-26-19)23-17-5-9-25(10-6-17)14-15-3-2-4-16(21)13-15/h2-4,8,11,13,17-19,23H,5-7,9-10,12,14H2,1H3/t18-,19-/m0/s1. The van der Waals surface area contributed by atoms with Gasteiger partial charge in [-0.15, -0.1) is 0 Å². The van der Waals surface area contributed by atoms with Crippen molar-refractivity contribution < 1.29 is 9.13 Å². The average Bonchev–Trinajstić information content (AvgIpc) is 3.25. The number of halogens is 1. The number of nitrogens with one attached hydrogen (secondary N) is 1. The molecule has 0 bridgehead atoms. The Balaban J connectivity index is 1.29. The topological polar surface area (TPSA) is 42.3 Å². The van der Waals surface area contributed by atoms with Crippen LogP contribution in [-0.2, 0) is 18.3 Å². The predicted octanol–water partition coefficient (Wildman–Crippen LogP) is 2.64. The van der Waals surface area contributed by atoms with Crippen molar-refractivity contribution in [2.75, 3.05) is 19.7 Å². The zero-order chi connectivity index (χ0) is 17.9. The number of nitrogens with zero attached hydrogens (tertiary/aromatic N) is 3. The molecular weight excluding hydrogens is 331 g/mol. The highest BCUT2D eigenvalue weighted by Crippen LogP contribution is 2.29. The number of hydrogen-bond acceptors (Lipinski definition) is 4. The van der Waals surface area contributed by atoms with Crippen LogP contribution in [-0.4, -0.2) is 46.2 Å². The van der Waals surface area contributed by atoms with Crippen molar-refractivity contribution in [3.63, 3.8) is 0 Å². The Morgan fingerprint density at radius 1 is 1.27 bits per heavy atom. The van der Waals surface area contributed by atoms with E-state index in [1.54, 1.807) is 12.1 Å². The molecule has 5 nitrogen and oxygen atoms in total. The van der Waals surface area contributed by atoms with Gasteiger partial charge in [-0.25, -0.2) is 9.37 Å². The monoisotopic (exact) mass is 358 g/mol. The Hall–Kier alpha value is -1.76. The summed E-state index contributed by atoms with van der Waals surface area (Å²) in [4.78, 5) is 6.88. The summed E-state index contributed by atoms with van der Waals surface area (Å²) in [5.74, 6) is 0.851. The molecule has 6 heteroatoms.